The van der Waals surface area contributed by atoms with Crippen LogP contribution in [0.15, 0.2) is 28.7 Å². The van der Waals surface area contributed by atoms with Gasteiger partial charge in [-0.25, -0.2) is 4.98 Å². The molecule has 1 aromatic heterocycles. The van der Waals surface area contributed by atoms with Crippen LogP contribution < -0.4 is 21.3 Å². The lowest BCUT2D eigenvalue weighted by Crippen LogP contribution is -2.46. The first-order chi connectivity index (χ1) is 14.7. The van der Waals surface area contributed by atoms with E-state index in [-0.39, 0.29) is 17.9 Å². The van der Waals surface area contributed by atoms with E-state index in [9.17, 15) is 4.79 Å². The number of hydrogen-bond donors (Lipinski definition) is 3. The fourth-order valence-corrected chi connectivity index (χ4v) is 4.07. The molecule has 3 rings (SSSR count). The average molecular weight is 490 g/mol. The van der Waals surface area contributed by atoms with E-state index in [1.807, 2.05) is 43.3 Å². The molecule has 1 aliphatic rings. The Bertz CT molecular complexity index is 919. The number of nitrogens with one attached hydrogen (secondary N) is 2. The van der Waals surface area contributed by atoms with Gasteiger partial charge in [0.15, 0.2) is 0 Å². The fraction of sp³-hybridized carbons (Fsp3) is 0.500. The largest absolute Gasteiger partial charge is 0.368 e. The van der Waals surface area contributed by atoms with Gasteiger partial charge in [-0.05, 0) is 43.8 Å². The van der Waals surface area contributed by atoms with Crippen LogP contribution in [0.1, 0.15) is 47.4 Å². The summed E-state index contributed by atoms with van der Waals surface area (Å²) in [6, 6.07) is 7.82. The van der Waals surface area contributed by atoms with Crippen LogP contribution in [-0.2, 0) is 0 Å². The van der Waals surface area contributed by atoms with Crippen LogP contribution in [0.4, 0.5) is 11.8 Å². The first-order valence-corrected chi connectivity index (χ1v) is 11.4. The van der Waals surface area contributed by atoms with E-state index in [1.54, 1.807) is 0 Å². The van der Waals surface area contributed by atoms with Gasteiger partial charge in [-0.15, -0.1) is 0 Å². The van der Waals surface area contributed by atoms with Crippen molar-refractivity contribution in [1.29, 1.82) is 0 Å². The van der Waals surface area contributed by atoms with E-state index >= 15 is 0 Å². The number of nitrogens with two attached hydrogens (primary N) is 1. The van der Waals surface area contributed by atoms with Crippen LogP contribution in [0.25, 0.3) is 0 Å². The molecule has 1 fully saturated rings. The molecule has 0 saturated carbocycles. The molecule has 0 bridgehead atoms. The molecular formula is C22H32BrN7O. The van der Waals surface area contributed by atoms with Gasteiger partial charge >= 0.3 is 0 Å². The van der Waals surface area contributed by atoms with Gasteiger partial charge in [0.2, 0.25) is 5.95 Å². The number of amides is 1. The average Bonchev–Trinajstić information content (AvgIpc) is 2.73. The highest BCUT2D eigenvalue weighted by molar-refractivity contribution is 9.10. The monoisotopic (exact) mass is 489 g/mol. The van der Waals surface area contributed by atoms with E-state index < -0.39 is 0 Å². The molecular weight excluding hydrogens is 458 g/mol. The summed E-state index contributed by atoms with van der Waals surface area (Å²) in [4.78, 5) is 25.7. The Morgan fingerprint density at radius 2 is 2.13 bits per heavy atom. The molecule has 1 saturated heterocycles. The number of nitrogens with zero attached hydrogens (tertiary/aromatic N) is 4. The van der Waals surface area contributed by atoms with Gasteiger partial charge in [-0.3, -0.25) is 4.79 Å². The maximum atomic E-state index is 12.6. The van der Waals surface area contributed by atoms with Crippen LogP contribution in [0, 0.1) is 0 Å². The van der Waals surface area contributed by atoms with Crippen molar-refractivity contribution < 1.29 is 4.79 Å². The predicted molar refractivity (Wildman–Crippen MR) is 129 cm³/mol. The number of aromatic nitrogens is 2. The number of piperazine rings is 1. The number of halogens is 1. The minimum Gasteiger partial charge on any atom is -0.368 e. The molecule has 8 nitrogen and oxygen atoms in total. The molecule has 1 aliphatic heterocycles. The molecule has 168 valence electrons. The SMILES string of the molecule is CC(C)c1cc(N2CCNC(c3cc(C(=O)NCCN(C)C)ccc3Br)C2)nc(N)n1. The van der Waals surface area contributed by atoms with Crippen molar-refractivity contribution in [2.24, 2.45) is 0 Å². The van der Waals surface area contributed by atoms with Gasteiger partial charge in [0.1, 0.15) is 5.82 Å². The molecule has 1 amide bonds. The zero-order valence-corrected chi connectivity index (χ0v) is 20.2. The Kier molecular flexibility index (Phi) is 7.85. The first kappa shape index (κ1) is 23.4. The van der Waals surface area contributed by atoms with E-state index in [1.165, 1.54) is 0 Å². The van der Waals surface area contributed by atoms with Crippen molar-refractivity contribution in [1.82, 2.24) is 25.5 Å². The molecule has 31 heavy (non-hydrogen) atoms. The summed E-state index contributed by atoms with van der Waals surface area (Å²) in [5, 5.41) is 6.55. The third-order valence-corrected chi connectivity index (χ3v) is 6.04. The highest BCUT2D eigenvalue weighted by Gasteiger charge is 2.25. The Labute approximate surface area is 192 Å². The van der Waals surface area contributed by atoms with Crippen molar-refractivity contribution in [3.05, 3.63) is 45.6 Å². The van der Waals surface area contributed by atoms with Gasteiger partial charge in [0.25, 0.3) is 5.91 Å². The smallest absolute Gasteiger partial charge is 0.251 e. The number of hydrogen-bond acceptors (Lipinski definition) is 7. The van der Waals surface area contributed by atoms with Gasteiger partial charge in [-0.2, -0.15) is 4.98 Å². The summed E-state index contributed by atoms with van der Waals surface area (Å²) in [5.74, 6) is 1.36. The second-order valence-corrected chi connectivity index (χ2v) is 9.27. The van der Waals surface area contributed by atoms with E-state index in [4.69, 9.17) is 5.73 Å². The van der Waals surface area contributed by atoms with Crippen molar-refractivity contribution in [3.63, 3.8) is 0 Å². The summed E-state index contributed by atoms with van der Waals surface area (Å²) in [6.45, 7) is 7.95. The maximum Gasteiger partial charge on any atom is 0.251 e. The minimum atomic E-state index is -0.0617. The summed E-state index contributed by atoms with van der Waals surface area (Å²) >= 11 is 3.66. The Morgan fingerprint density at radius 1 is 1.35 bits per heavy atom. The van der Waals surface area contributed by atoms with Crippen LogP contribution in [0.5, 0.6) is 0 Å². The van der Waals surface area contributed by atoms with E-state index in [2.05, 4.69) is 55.3 Å². The predicted octanol–water partition coefficient (Wildman–Crippen LogP) is 2.39. The lowest BCUT2D eigenvalue weighted by molar-refractivity contribution is 0.0951. The Morgan fingerprint density at radius 3 is 2.84 bits per heavy atom. The highest BCUT2D eigenvalue weighted by Crippen LogP contribution is 2.29. The zero-order chi connectivity index (χ0) is 22.5. The maximum absolute atomic E-state index is 12.6. The summed E-state index contributed by atoms with van der Waals surface area (Å²) < 4.78 is 0.974. The normalized spacial score (nSPS) is 16.7. The fourth-order valence-electron chi connectivity index (χ4n) is 3.54. The number of nitrogen functional groups attached to an aromatic ring is 1. The van der Waals surface area contributed by atoms with Crippen molar-refractivity contribution in [2.75, 3.05) is 57.5 Å². The van der Waals surface area contributed by atoms with Crippen LogP contribution in [0.2, 0.25) is 0 Å². The number of benzene rings is 1. The second-order valence-electron chi connectivity index (χ2n) is 8.41. The van der Waals surface area contributed by atoms with Crippen molar-refractivity contribution in [2.45, 2.75) is 25.8 Å². The van der Waals surface area contributed by atoms with Crippen LogP contribution in [0.3, 0.4) is 0 Å². The second kappa shape index (κ2) is 10.4. The van der Waals surface area contributed by atoms with Crippen LogP contribution >= 0.6 is 15.9 Å². The molecule has 4 N–H and O–H groups in total. The number of anilines is 2. The zero-order valence-electron chi connectivity index (χ0n) is 18.7. The standard InChI is InChI=1S/C22H32BrN7O/c1-14(2)18-12-20(28-22(24)27-18)30-10-8-25-19(13-30)16-11-15(5-6-17(16)23)21(31)26-7-9-29(3)4/h5-6,11-12,14,19,25H,7-10,13H2,1-4H3,(H,26,31)(H2,24,27,28). The molecule has 9 heteroatoms. The number of rotatable bonds is 7. The molecule has 1 atom stereocenters. The Hall–Kier alpha value is -2.23. The number of carbonyl (C=O) groups excluding carboxylic acids is 1. The molecule has 0 spiro atoms. The van der Waals surface area contributed by atoms with Gasteiger partial charge in [0.05, 0.1) is 11.7 Å². The number of carbonyl (C=O) groups is 1. The minimum absolute atomic E-state index is 0.0522. The van der Waals surface area contributed by atoms with Gasteiger partial charge < -0.3 is 26.2 Å². The third kappa shape index (κ3) is 6.15. The summed E-state index contributed by atoms with van der Waals surface area (Å²) in [7, 11) is 3.97. The molecule has 2 aromatic rings. The molecule has 2 heterocycles. The van der Waals surface area contributed by atoms with E-state index in [0.29, 0.717) is 18.1 Å². The molecule has 0 aliphatic carbocycles. The van der Waals surface area contributed by atoms with Crippen molar-refractivity contribution >= 4 is 33.6 Å². The molecule has 1 aromatic carbocycles. The molecule has 0 radical (unpaired) electrons. The lowest BCUT2D eigenvalue weighted by atomic mass is 10.0. The van der Waals surface area contributed by atoms with Gasteiger partial charge in [0, 0.05) is 48.8 Å². The Balaban J connectivity index is 1.78. The van der Waals surface area contributed by atoms with Crippen LogP contribution in [-0.4, -0.2) is 67.6 Å². The number of likely N-dealkylation sites (N-methyl/N-ethyl adjacent to an activating group) is 1. The summed E-state index contributed by atoms with van der Waals surface area (Å²) in [5.41, 5.74) is 8.61. The first-order valence-electron chi connectivity index (χ1n) is 10.6. The van der Waals surface area contributed by atoms with Crippen molar-refractivity contribution in [3.8, 4) is 0 Å². The summed E-state index contributed by atoms with van der Waals surface area (Å²) in [6.07, 6.45) is 0. The third-order valence-electron chi connectivity index (χ3n) is 5.32. The van der Waals surface area contributed by atoms with E-state index in [0.717, 1.165) is 47.7 Å². The highest BCUT2D eigenvalue weighted by atomic mass is 79.9. The quantitative estimate of drug-likeness (QED) is 0.548. The van der Waals surface area contributed by atoms with Gasteiger partial charge in [-0.1, -0.05) is 29.8 Å². The topological polar surface area (TPSA) is 99.4 Å². The molecule has 1 unspecified atom stereocenters. The lowest BCUT2D eigenvalue weighted by Gasteiger charge is -2.35.